The number of carboxylic acid groups (broad SMARTS) is 1. The number of anilines is 1. The lowest BCUT2D eigenvalue weighted by Gasteiger charge is -2.08. The van der Waals surface area contributed by atoms with E-state index < -0.39 is 17.8 Å². The molecule has 2 rings (SSSR count). The predicted octanol–water partition coefficient (Wildman–Crippen LogP) is 1.22. The maximum absolute atomic E-state index is 11.6. The molecule has 0 bridgehead atoms. The lowest BCUT2D eigenvalue weighted by atomic mass is 10.1. The van der Waals surface area contributed by atoms with E-state index in [1.807, 2.05) is 6.07 Å². The molecule has 17 heavy (non-hydrogen) atoms. The molecule has 1 aromatic carbocycles. The van der Waals surface area contributed by atoms with Gasteiger partial charge in [0.1, 0.15) is 5.92 Å². The highest BCUT2D eigenvalue weighted by Gasteiger charge is 2.21. The van der Waals surface area contributed by atoms with E-state index in [1.165, 1.54) is 6.92 Å². The average Bonchev–Trinajstić information content (AvgIpc) is 2.76. The summed E-state index contributed by atoms with van der Waals surface area (Å²) in [5.41, 5.74) is 1.21. The van der Waals surface area contributed by atoms with Gasteiger partial charge in [0.2, 0.25) is 5.91 Å². The number of nitrogens with one attached hydrogen (secondary N) is 2. The van der Waals surface area contributed by atoms with E-state index in [1.54, 1.807) is 18.3 Å². The van der Waals surface area contributed by atoms with Crippen molar-refractivity contribution in [2.75, 3.05) is 5.32 Å². The molecule has 0 aliphatic carbocycles. The number of nitrogens with zero attached hydrogens (tertiary/aromatic N) is 1. The number of rotatable bonds is 3. The molecule has 0 saturated carbocycles. The van der Waals surface area contributed by atoms with Crippen LogP contribution in [0.4, 0.5) is 5.69 Å². The minimum Gasteiger partial charge on any atom is -0.481 e. The van der Waals surface area contributed by atoms with Crippen LogP contribution >= 0.6 is 0 Å². The number of fused-ring (bicyclic) bond motifs is 1. The number of H-pyrrole nitrogens is 1. The van der Waals surface area contributed by atoms with E-state index in [9.17, 15) is 9.59 Å². The molecule has 2 aromatic rings. The van der Waals surface area contributed by atoms with Gasteiger partial charge in [0.25, 0.3) is 0 Å². The van der Waals surface area contributed by atoms with Gasteiger partial charge in [-0.15, -0.1) is 0 Å². The van der Waals surface area contributed by atoms with Crippen molar-refractivity contribution in [3.63, 3.8) is 0 Å². The molecular weight excluding hydrogens is 222 g/mol. The number of aromatic amines is 1. The van der Waals surface area contributed by atoms with E-state index in [-0.39, 0.29) is 0 Å². The van der Waals surface area contributed by atoms with Crippen molar-refractivity contribution < 1.29 is 14.7 Å². The Bertz CT molecular complexity index is 576. The third kappa shape index (κ3) is 2.10. The Balaban J connectivity index is 2.27. The minimum absolute atomic E-state index is 0.526. The quantitative estimate of drug-likeness (QED) is 0.694. The van der Waals surface area contributed by atoms with Crippen molar-refractivity contribution in [3.8, 4) is 0 Å². The van der Waals surface area contributed by atoms with Crippen molar-refractivity contribution in [1.82, 2.24) is 10.2 Å². The summed E-state index contributed by atoms with van der Waals surface area (Å²) in [6.07, 6.45) is 1.63. The normalized spacial score (nSPS) is 12.3. The third-order valence-corrected chi connectivity index (χ3v) is 2.50. The first kappa shape index (κ1) is 11.1. The number of carboxylic acids is 1. The summed E-state index contributed by atoms with van der Waals surface area (Å²) in [6.45, 7) is 1.34. The first-order chi connectivity index (χ1) is 8.09. The van der Waals surface area contributed by atoms with Crippen molar-refractivity contribution in [2.24, 2.45) is 5.92 Å². The molecule has 1 amide bonds. The van der Waals surface area contributed by atoms with E-state index >= 15 is 0 Å². The average molecular weight is 233 g/mol. The molecule has 6 nitrogen and oxygen atoms in total. The van der Waals surface area contributed by atoms with Crippen LogP contribution in [0.3, 0.4) is 0 Å². The molecular formula is C11H11N3O3. The molecule has 0 saturated heterocycles. The second-order valence-electron chi connectivity index (χ2n) is 3.69. The Morgan fingerprint density at radius 3 is 2.94 bits per heavy atom. The van der Waals surface area contributed by atoms with Crippen LogP contribution in [-0.4, -0.2) is 27.2 Å². The second-order valence-corrected chi connectivity index (χ2v) is 3.69. The first-order valence-corrected chi connectivity index (χ1v) is 5.05. The molecule has 1 atom stereocenters. The van der Waals surface area contributed by atoms with Crippen molar-refractivity contribution in [3.05, 3.63) is 24.4 Å². The van der Waals surface area contributed by atoms with Gasteiger partial charge in [-0.3, -0.25) is 14.7 Å². The largest absolute Gasteiger partial charge is 0.481 e. The lowest BCUT2D eigenvalue weighted by molar-refractivity contribution is -0.144. The molecule has 6 heteroatoms. The zero-order valence-electron chi connectivity index (χ0n) is 9.10. The maximum Gasteiger partial charge on any atom is 0.315 e. The van der Waals surface area contributed by atoms with Crippen LogP contribution in [0, 0.1) is 5.92 Å². The van der Waals surface area contributed by atoms with Crippen molar-refractivity contribution in [1.29, 1.82) is 0 Å². The Morgan fingerprint density at radius 1 is 1.47 bits per heavy atom. The van der Waals surface area contributed by atoms with Crippen LogP contribution in [0.1, 0.15) is 6.92 Å². The van der Waals surface area contributed by atoms with Crippen molar-refractivity contribution in [2.45, 2.75) is 6.92 Å². The second kappa shape index (κ2) is 4.25. The molecule has 0 spiro atoms. The SMILES string of the molecule is CC(C(=O)O)C(=O)Nc1cccc2cn[nH]c12. The maximum atomic E-state index is 11.6. The number of hydrogen-bond acceptors (Lipinski definition) is 3. The molecule has 3 N–H and O–H groups in total. The zero-order chi connectivity index (χ0) is 12.4. The van der Waals surface area contributed by atoms with E-state index in [4.69, 9.17) is 5.11 Å². The van der Waals surface area contributed by atoms with Gasteiger partial charge in [-0.1, -0.05) is 12.1 Å². The fourth-order valence-corrected chi connectivity index (χ4v) is 1.43. The van der Waals surface area contributed by atoms with E-state index in [0.717, 1.165) is 5.39 Å². The smallest absolute Gasteiger partial charge is 0.315 e. The van der Waals surface area contributed by atoms with Gasteiger partial charge in [0.15, 0.2) is 0 Å². The molecule has 0 radical (unpaired) electrons. The lowest BCUT2D eigenvalue weighted by Crippen LogP contribution is -2.26. The number of aromatic nitrogens is 2. The van der Waals surface area contributed by atoms with Gasteiger partial charge >= 0.3 is 5.97 Å². The molecule has 1 aromatic heterocycles. The van der Waals surface area contributed by atoms with Gasteiger partial charge in [-0.2, -0.15) is 5.10 Å². The Kier molecular flexibility index (Phi) is 2.78. The highest BCUT2D eigenvalue weighted by atomic mass is 16.4. The fraction of sp³-hybridized carbons (Fsp3) is 0.182. The van der Waals surface area contributed by atoms with Crippen LogP contribution in [0.15, 0.2) is 24.4 Å². The standard InChI is InChI=1S/C11H11N3O3/c1-6(11(16)17)10(15)13-8-4-2-3-7-5-12-14-9(7)8/h2-6H,1H3,(H,12,14)(H,13,15)(H,16,17). The van der Waals surface area contributed by atoms with E-state index in [0.29, 0.717) is 11.2 Å². The third-order valence-electron chi connectivity index (χ3n) is 2.50. The zero-order valence-corrected chi connectivity index (χ0v) is 9.10. The number of para-hydroxylation sites is 1. The molecule has 1 unspecified atom stereocenters. The summed E-state index contributed by atoms with van der Waals surface area (Å²) in [4.78, 5) is 22.3. The van der Waals surface area contributed by atoms with E-state index in [2.05, 4.69) is 15.5 Å². The summed E-state index contributed by atoms with van der Waals surface area (Å²) in [5, 5.41) is 18.7. The van der Waals surface area contributed by atoms with Gasteiger partial charge < -0.3 is 10.4 Å². The van der Waals surface area contributed by atoms with Gasteiger partial charge in [0, 0.05) is 5.39 Å². The Morgan fingerprint density at radius 2 is 2.24 bits per heavy atom. The van der Waals surface area contributed by atoms with Crippen LogP contribution in [0.5, 0.6) is 0 Å². The van der Waals surface area contributed by atoms with Crippen LogP contribution in [0.2, 0.25) is 0 Å². The number of hydrogen-bond donors (Lipinski definition) is 3. The molecule has 0 aliphatic rings. The molecule has 0 aliphatic heterocycles. The van der Waals surface area contributed by atoms with Gasteiger partial charge in [-0.05, 0) is 13.0 Å². The van der Waals surface area contributed by atoms with Crippen LogP contribution in [0.25, 0.3) is 10.9 Å². The summed E-state index contributed by atoms with van der Waals surface area (Å²) in [6, 6.07) is 5.29. The monoisotopic (exact) mass is 233 g/mol. The Labute approximate surface area is 96.6 Å². The van der Waals surface area contributed by atoms with Crippen molar-refractivity contribution >= 4 is 28.5 Å². The number of benzene rings is 1. The van der Waals surface area contributed by atoms with Crippen LogP contribution in [-0.2, 0) is 9.59 Å². The highest BCUT2D eigenvalue weighted by Crippen LogP contribution is 2.20. The van der Waals surface area contributed by atoms with Gasteiger partial charge in [0.05, 0.1) is 17.4 Å². The molecule has 1 heterocycles. The summed E-state index contributed by atoms with van der Waals surface area (Å²) in [7, 11) is 0. The first-order valence-electron chi connectivity index (χ1n) is 5.05. The number of amides is 1. The molecule has 88 valence electrons. The van der Waals surface area contributed by atoms with Gasteiger partial charge in [-0.25, -0.2) is 0 Å². The topological polar surface area (TPSA) is 95.1 Å². The number of carbonyl (C=O) groups excluding carboxylic acids is 1. The molecule has 0 fully saturated rings. The summed E-state index contributed by atoms with van der Waals surface area (Å²) >= 11 is 0. The van der Waals surface area contributed by atoms with Crippen LogP contribution < -0.4 is 5.32 Å². The number of aliphatic carboxylic acids is 1. The number of carbonyl (C=O) groups is 2. The highest BCUT2D eigenvalue weighted by molar-refractivity contribution is 6.07. The predicted molar refractivity (Wildman–Crippen MR) is 61.5 cm³/mol. The Hall–Kier alpha value is -2.37. The minimum atomic E-state index is -1.15. The summed E-state index contributed by atoms with van der Waals surface area (Å²) < 4.78 is 0. The fourth-order valence-electron chi connectivity index (χ4n) is 1.43. The summed E-state index contributed by atoms with van der Waals surface area (Å²) in [5.74, 6) is -2.80.